The number of fused-ring (bicyclic) bond motifs is 5. The van der Waals surface area contributed by atoms with E-state index >= 15 is 0 Å². The van der Waals surface area contributed by atoms with E-state index in [1.165, 1.54) is 0 Å². The van der Waals surface area contributed by atoms with E-state index in [0.29, 0.717) is 18.4 Å². The summed E-state index contributed by atoms with van der Waals surface area (Å²) in [6, 6.07) is 0.0143. The summed E-state index contributed by atoms with van der Waals surface area (Å²) in [4.78, 5) is 30.0. The summed E-state index contributed by atoms with van der Waals surface area (Å²) in [5.41, 5.74) is -0.870. The highest BCUT2D eigenvalue weighted by Gasteiger charge is 2.52. The van der Waals surface area contributed by atoms with Crippen molar-refractivity contribution in [2.75, 3.05) is 34.4 Å². The first-order valence-corrected chi connectivity index (χ1v) is 17.0. The first-order valence-electron chi connectivity index (χ1n) is 17.0. The molecule has 1 unspecified atom stereocenters. The van der Waals surface area contributed by atoms with Crippen LogP contribution in [-0.4, -0.2) is 110 Å². The molecule has 3 saturated heterocycles. The molecule has 0 amide bonds. The molecule has 264 valence electrons. The van der Waals surface area contributed by atoms with E-state index in [4.69, 9.17) is 28.4 Å². The third-order valence-corrected chi connectivity index (χ3v) is 10.6. The van der Waals surface area contributed by atoms with E-state index in [-0.39, 0.29) is 43.0 Å². The lowest BCUT2D eigenvalue weighted by molar-refractivity contribution is -0.300. The molecule has 46 heavy (non-hydrogen) atoms. The average molecular weight is 652 g/mol. The van der Waals surface area contributed by atoms with Gasteiger partial charge in [0.1, 0.15) is 23.7 Å². The lowest BCUT2D eigenvalue weighted by Gasteiger charge is -2.48. The summed E-state index contributed by atoms with van der Waals surface area (Å²) in [6.45, 7) is 21.5. The maximum Gasteiger partial charge on any atom is 0.316 e. The average Bonchev–Trinajstić information content (AvgIpc) is 3.00. The van der Waals surface area contributed by atoms with Gasteiger partial charge in [0.05, 0.1) is 37.1 Å². The molecule has 1 N–H and O–H groups in total. The van der Waals surface area contributed by atoms with Crippen molar-refractivity contribution in [3.05, 3.63) is 23.8 Å². The monoisotopic (exact) mass is 651 g/mol. The highest BCUT2D eigenvalue weighted by atomic mass is 16.7. The quantitative estimate of drug-likeness (QED) is 0.255. The second kappa shape index (κ2) is 15.7. The molecular formula is C36H61NO9. The van der Waals surface area contributed by atoms with Crippen molar-refractivity contribution < 1.29 is 43.1 Å². The van der Waals surface area contributed by atoms with Crippen LogP contribution in [0.1, 0.15) is 81.6 Å². The number of cyclic esters (lactones) is 1. The number of allylic oxidation sites excluding steroid dienone is 1. The zero-order valence-electron chi connectivity index (χ0n) is 30.3. The Morgan fingerprint density at radius 1 is 1.09 bits per heavy atom. The summed E-state index contributed by atoms with van der Waals surface area (Å²) < 4.78 is 38.5. The maximum atomic E-state index is 14.2. The molecule has 10 nitrogen and oxygen atoms in total. The van der Waals surface area contributed by atoms with Gasteiger partial charge in [-0.1, -0.05) is 45.9 Å². The van der Waals surface area contributed by atoms with Crippen LogP contribution in [0.3, 0.4) is 0 Å². The minimum atomic E-state index is -1.56. The number of ketones is 1. The number of carbonyl (C=O) groups excluding carboxylic acids is 2. The van der Waals surface area contributed by atoms with Gasteiger partial charge in [-0.3, -0.25) is 9.59 Å². The summed E-state index contributed by atoms with van der Waals surface area (Å²) in [7, 11) is 5.65. The first kappa shape index (κ1) is 38.8. The van der Waals surface area contributed by atoms with Crippen molar-refractivity contribution in [3.63, 3.8) is 0 Å². The fraction of sp³-hybridized carbons (Fsp3) is 0.833. The number of nitrogens with zero attached hydrogens (tertiary/aromatic N) is 1. The third kappa shape index (κ3) is 8.13. The SMILES string of the molecule is C=C1CO[C@@H]2[C@@H](C)C(=CC)[C@H](C)C[C@@](C)(OC1)[C@H](O[C@@H]1O[C@H](C)C[C@H](N(C)C)[C@H]1OC)[C@@H](C)C(=O)C(C)C(=O)O[C@H](CC)[C@@]2(C)O. The van der Waals surface area contributed by atoms with Crippen LogP contribution in [0.2, 0.25) is 0 Å². The van der Waals surface area contributed by atoms with Crippen LogP contribution in [0.4, 0.5) is 0 Å². The molecule has 10 heteroatoms. The molecule has 2 bridgehead atoms. The molecule has 3 aliphatic heterocycles. The summed E-state index contributed by atoms with van der Waals surface area (Å²) in [5.74, 6) is -3.26. The summed E-state index contributed by atoms with van der Waals surface area (Å²) in [5, 5.41) is 12.1. The van der Waals surface area contributed by atoms with Crippen LogP contribution in [0.25, 0.3) is 0 Å². The van der Waals surface area contributed by atoms with E-state index in [2.05, 4.69) is 24.5 Å². The Hall–Kier alpha value is -1.66. The molecule has 3 aliphatic rings. The van der Waals surface area contributed by atoms with Gasteiger partial charge in [0.2, 0.25) is 0 Å². The van der Waals surface area contributed by atoms with Gasteiger partial charge in [-0.05, 0) is 79.5 Å². The number of methoxy groups -OCH3 is 1. The van der Waals surface area contributed by atoms with E-state index in [1.54, 1.807) is 27.9 Å². The van der Waals surface area contributed by atoms with Crippen LogP contribution in [0.5, 0.6) is 0 Å². The number of hydrogen-bond acceptors (Lipinski definition) is 10. The lowest BCUT2D eigenvalue weighted by Crippen LogP contribution is -2.60. The number of esters is 1. The highest BCUT2D eigenvalue weighted by molar-refractivity contribution is 6.00. The Bertz CT molecular complexity index is 1110. The number of ether oxygens (including phenoxy) is 6. The molecular weight excluding hydrogens is 590 g/mol. The Kier molecular flexibility index (Phi) is 13.2. The molecule has 13 atom stereocenters. The minimum absolute atomic E-state index is 0.0143. The van der Waals surface area contributed by atoms with Crippen molar-refractivity contribution in [2.24, 2.45) is 23.7 Å². The van der Waals surface area contributed by atoms with Crippen molar-refractivity contribution in [1.29, 1.82) is 0 Å². The Morgan fingerprint density at radius 3 is 2.30 bits per heavy atom. The van der Waals surface area contributed by atoms with Gasteiger partial charge in [-0.25, -0.2) is 0 Å². The zero-order chi connectivity index (χ0) is 34.7. The first-order chi connectivity index (χ1) is 21.4. The Labute approximate surface area is 277 Å². The second-order valence-electron chi connectivity index (χ2n) is 14.6. The smallest absolute Gasteiger partial charge is 0.316 e. The largest absolute Gasteiger partial charge is 0.459 e. The third-order valence-electron chi connectivity index (χ3n) is 10.6. The van der Waals surface area contributed by atoms with Crippen LogP contribution < -0.4 is 0 Å². The van der Waals surface area contributed by atoms with Crippen LogP contribution >= 0.6 is 0 Å². The topological polar surface area (TPSA) is 113 Å². The minimum Gasteiger partial charge on any atom is -0.459 e. The molecule has 0 saturated carbocycles. The van der Waals surface area contributed by atoms with Gasteiger partial charge < -0.3 is 38.4 Å². The van der Waals surface area contributed by atoms with E-state index in [1.807, 2.05) is 48.7 Å². The Morgan fingerprint density at radius 2 is 1.74 bits per heavy atom. The van der Waals surface area contributed by atoms with Gasteiger partial charge in [-0.2, -0.15) is 0 Å². The lowest BCUT2D eigenvalue weighted by atomic mass is 9.72. The fourth-order valence-electron chi connectivity index (χ4n) is 8.03. The number of rotatable bonds is 5. The predicted octanol–water partition coefficient (Wildman–Crippen LogP) is 4.72. The van der Waals surface area contributed by atoms with E-state index < -0.39 is 59.7 Å². The normalized spacial score (nSPS) is 44.8. The molecule has 0 aliphatic carbocycles. The van der Waals surface area contributed by atoms with Gasteiger partial charge in [0.25, 0.3) is 0 Å². The van der Waals surface area contributed by atoms with Crippen molar-refractivity contribution in [2.45, 2.75) is 136 Å². The molecule has 0 aromatic rings. The van der Waals surface area contributed by atoms with Gasteiger partial charge in [0.15, 0.2) is 12.1 Å². The standard InChI is InChI=1S/C36H61NO9/c1-14-26-21(4)17-35(9)31(46-34-30(41-13)27(37(11)12)16-22(5)44-34)24(7)29(38)25(8)33(39)45-28(15-2)36(10,40)32(23(26)6)42-18-20(3)19-43-35/h14,21-25,27-28,30-32,34,40H,3,15-19H2,1-2,4-13H3/t21-,22-,23+,24+,25?,27+,28-,30-,31-,32-,34+,35-,36-/m1/s1. The second-order valence-corrected chi connectivity index (χ2v) is 14.6. The molecule has 0 aromatic heterocycles. The summed E-state index contributed by atoms with van der Waals surface area (Å²) >= 11 is 0. The number of aliphatic hydroxyl groups is 1. The number of Topliss-reactive ketones (excluding diaryl/α,β-unsaturated/α-hetero) is 1. The fourth-order valence-corrected chi connectivity index (χ4v) is 8.03. The summed E-state index contributed by atoms with van der Waals surface area (Å²) in [6.07, 6.45) is -0.202. The molecule has 3 fully saturated rings. The van der Waals surface area contributed by atoms with E-state index in [9.17, 15) is 14.7 Å². The molecule has 0 aromatic carbocycles. The van der Waals surface area contributed by atoms with Crippen molar-refractivity contribution in [1.82, 2.24) is 4.90 Å². The van der Waals surface area contributed by atoms with Crippen LogP contribution in [0, 0.1) is 23.7 Å². The number of likely N-dealkylation sites (N-methyl/N-ethyl adjacent to an activating group) is 1. The molecule has 3 heterocycles. The molecule has 0 spiro atoms. The Balaban J connectivity index is 2.25. The number of hydrogen-bond donors (Lipinski definition) is 1. The number of carbonyl (C=O) groups is 2. The molecule has 0 radical (unpaired) electrons. The van der Waals surface area contributed by atoms with Gasteiger partial charge in [0, 0.05) is 25.0 Å². The predicted molar refractivity (Wildman–Crippen MR) is 176 cm³/mol. The maximum absolute atomic E-state index is 14.2. The van der Waals surface area contributed by atoms with E-state index in [0.717, 1.165) is 12.0 Å². The van der Waals surface area contributed by atoms with Gasteiger partial charge >= 0.3 is 5.97 Å². The van der Waals surface area contributed by atoms with Crippen molar-refractivity contribution >= 4 is 11.8 Å². The van der Waals surface area contributed by atoms with Crippen LogP contribution in [-0.2, 0) is 38.0 Å². The zero-order valence-corrected chi connectivity index (χ0v) is 30.3. The molecule has 3 rings (SSSR count). The van der Waals surface area contributed by atoms with Crippen LogP contribution in [0.15, 0.2) is 23.8 Å². The van der Waals surface area contributed by atoms with Crippen molar-refractivity contribution in [3.8, 4) is 0 Å². The van der Waals surface area contributed by atoms with Gasteiger partial charge in [-0.15, -0.1) is 0 Å². The highest BCUT2D eigenvalue weighted by Crippen LogP contribution is 2.42.